The summed E-state index contributed by atoms with van der Waals surface area (Å²) in [5.41, 5.74) is 0. The van der Waals surface area contributed by atoms with Crippen molar-refractivity contribution >= 4 is 22.7 Å². The molecule has 0 aromatic rings. The monoisotopic (exact) mass is 394 g/mol. The van der Waals surface area contributed by atoms with Crippen molar-refractivity contribution < 1.29 is 13.0 Å². The van der Waals surface area contributed by atoms with E-state index < -0.39 is 15.4 Å². The van der Waals surface area contributed by atoms with Gasteiger partial charge in [-0.05, 0) is 25.7 Å². The number of rotatable bonds is 18. The normalized spacial score (nSPS) is 14.6. The lowest BCUT2D eigenvalue weighted by Crippen LogP contribution is -2.19. The highest BCUT2D eigenvalue weighted by Crippen LogP contribution is 2.19. The van der Waals surface area contributed by atoms with Crippen molar-refractivity contribution in [3.8, 4) is 0 Å². The minimum Gasteiger partial charge on any atom is -0.285 e. The average Bonchev–Trinajstić information content (AvgIpc) is 2.55. The fraction of sp³-hybridized carbons (Fsp3) is 1.00. The first-order chi connectivity index (χ1) is 11.9. The number of hydrogen-bond acceptors (Lipinski definition) is 3. The minimum atomic E-state index is -3.88. The molecule has 0 aliphatic rings. The maximum Gasteiger partial charge on any atom is 0.267 e. The van der Waals surface area contributed by atoms with Crippen LogP contribution < -0.4 is 0 Å². The highest BCUT2D eigenvalue weighted by molar-refractivity contribution is 7.86. The Bertz CT molecular complexity index is 382. The van der Waals surface area contributed by atoms with E-state index in [0.717, 1.165) is 19.3 Å². The lowest BCUT2D eigenvalue weighted by atomic mass is 10.0. The van der Waals surface area contributed by atoms with Crippen LogP contribution in [0.3, 0.4) is 0 Å². The van der Waals surface area contributed by atoms with E-state index in [4.69, 9.17) is 4.55 Å². The van der Waals surface area contributed by atoms with Crippen LogP contribution in [0.4, 0.5) is 0 Å². The lowest BCUT2D eigenvalue weighted by molar-refractivity contribution is 0.453. The Morgan fingerprint density at radius 1 is 0.720 bits per heavy atom. The summed E-state index contributed by atoms with van der Waals surface area (Å²) in [5, 5.41) is -0.243. The van der Waals surface area contributed by atoms with Crippen LogP contribution >= 0.6 is 12.6 Å². The molecule has 0 amide bonds. The molecule has 0 fully saturated rings. The molecule has 2 unspecified atom stereocenters. The largest absolute Gasteiger partial charge is 0.285 e. The molecule has 0 aliphatic heterocycles. The number of hydrogen-bond donors (Lipinski definition) is 2. The first kappa shape index (κ1) is 25.3. The van der Waals surface area contributed by atoms with Gasteiger partial charge in [0, 0.05) is 5.25 Å². The van der Waals surface area contributed by atoms with Crippen LogP contribution in [0.25, 0.3) is 0 Å². The van der Waals surface area contributed by atoms with Gasteiger partial charge in [-0.15, -0.1) is 0 Å². The first-order valence-corrected chi connectivity index (χ1v) is 12.6. The third kappa shape index (κ3) is 16.2. The number of unbranched alkanes of at least 4 members (excludes halogenated alkanes) is 10. The van der Waals surface area contributed by atoms with Crippen LogP contribution in [0.15, 0.2) is 0 Å². The highest BCUT2D eigenvalue weighted by Gasteiger charge is 2.20. The summed E-state index contributed by atoms with van der Waals surface area (Å²) >= 11 is 4.62. The van der Waals surface area contributed by atoms with Gasteiger partial charge in [-0.2, -0.15) is 21.0 Å². The second-order valence-electron chi connectivity index (χ2n) is 7.45. The van der Waals surface area contributed by atoms with Gasteiger partial charge in [-0.25, -0.2) is 0 Å². The van der Waals surface area contributed by atoms with Gasteiger partial charge in [-0.1, -0.05) is 90.9 Å². The zero-order chi connectivity index (χ0) is 19.0. The van der Waals surface area contributed by atoms with E-state index in [1.807, 2.05) is 6.92 Å². The smallest absolute Gasteiger partial charge is 0.267 e. The zero-order valence-electron chi connectivity index (χ0n) is 16.6. The molecular formula is C20H42O3S2. The van der Waals surface area contributed by atoms with Gasteiger partial charge in [0.15, 0.2) is 0 Å². The van der Waals surface area contributed by atoms with E-state index in [1.54, 1.807) is 0 Å². The van der Waals surface area contributed by atoms with E-state index in [1.165, 1.54) is 70.6 Å². The van der Waals surface area contributed by atoms with Gasteiger partial charge >= 0.3 is 0 Å². The summed E-state index contributed by atoms with van der Waals surface area (Å²) in [4.78, 5) is 0. The van der Waals surface area contributed by atoms with Crippen LogP contribution in [0.2, 0.25) is 0 Å². The minimum absolute atomic E-state index is 0.359. The van der Waals surface area contributed by atoms with Crippen LogP contribution in [0, 0.1) is 0 Å². The molecule has 25 heavy (non-hydrogen) atoms. The standard InChI is InChI=1S/C20H42O3S2/c1-3-5-6-7-8-9-10-11-12-13-14-16-19(24)17-15-18-20(4-2)25(21,22)23/h19-20,24H,3-18H2,1-2H3,(H,21,22,23). The fourth-order valence-electron chi connectivity index (χ4n) is 3.33. The SMILES string of the molecule is CCCCCCCCCCCCCC(S)CCCC(CC)S(=O)(=O)O. The molecule has 1 N–H and O–H groups in total. The Balaban J connectivity index is 3.42. The molecule has 0 spiro atoms. The van der Waals surface area contributed by atoms with Crippen molar-refractivity contribution in [3.05, 3.63) is 0 Å². The lowest BCUT2D eigenvalue weighted by Gasteiger charge is -2.14. The van der Waals surface area contributed by atoms with E-state index >= 15 is 0 Å². The second kappa shape index (κ2) is 16.4. The Morgan fingerprint density at radius 2 is 1.16 bits per heavy atom. The molecule has 0 radical (unpaired) electrons. The summed E-state index contributed by atoms with van der Waals surface area (Å²) in [6.45, 7) is 4.07. The first-order valence-electron chi connectivity index (χ1n) is 10.6. The molecule has 0 rings (SSSR count). The molecule has 0 saturated heterocycles. The zero-order valence-corrected chi connectivity index (χ0v) is 18.3. The Labute approximate surface area is 162 Å². The Morgan fingerprint density at radius 3 is 1.60 bits per heavy atom. The molecule has 0 aliphatic carbocycles. The molecule has 0 aromatic heterocycles. The van der Waals surface area contributed by atoms with Crippen molar-refractivity contribution in [2.45, 2.75) is 127 Å². The van der Waals surface area contributed by atoms with Crippen LogP contribution in [0.5, 0.6) is 0 Å². The topological polar surface area (TPSA) is 54.4 Å². The third-order valence-corrected chi connectivity index (χ3v) is 7.01. The predicted molar refractivity (Wildman–Crippen MR) is 113 cm³/mol. The summed E-state index contributed by atoms with van der Waals surface area (Å²) in [7, 11) is -3.88. The molecule has 0 aromatic carbocycles. The summed E-state index contributed by atoms with van der Waals surface area (Å²) in [5.74, 6) is 0. The Kier molecular flexibility index (Phi) is 16.6. The summed E-state index contributed by atoms with van der Waals surface area (Å²) in [6, 6.07) is 0. The molecule has 3 nitrogen and oxygen atoms in total. The average molecular weight is 395 g/mol. The summed E-state index contributed by atoms with van der Waals surface area (Å²) < 4.78 is 31.4. The van der Waals surface area contributed by atoms with Gasteiger partial charge in [0.2, 0.25) is 0 Å². The van der Waals surface area contributed by atoms with Gasteiger partial charge in [0.1, 0.15) is 0 Å². The molecule has 0 heterocycles. The van der Waals surface area contributed by atoms with Gasteiger partial charge in [-0.3, -0.25) is 4.55 Å². The molecule has 0 bridgehead atoms. The third-order valence-electron chi connectivity index (χ3n) is 5.08. The maximum absolute atomic E-state index is 11.2. The van der Waals surface area contributed by atoms with Gasteiger partial charge in [0.05, 0.1) is 5.25 Å². The van der Waals surface area contributed by atoms with Crippen LogP contribution in [-0.4, -0.2) is 23.5 Å². The second-order valence-corrected chi connectivity index (χ2v) is 9.88. The molecule has 152 valence electrons. The van der Waals surface area contributed by atoms with Crippen molar-refractivity contribution in [3.63, 3.8) is 0 Å². The summed E-state index contributed by atoms with van der Waals surface area (Å²) in [6.07, 6.45) is 18.8. The number of thiol groups is 1. The Hall–Kier alpha value is 0.260. The molecular weight excluding hydrogens is 352 g/mol. The van der Waals surface area contributed by atoms with Crippen molar-refractivity contribution in [2.75, 3.05) is 0 Å². The molecule has 2 atom stereocenters. The van der Waals surface area contributed by atoms with E-state index in [-0.39, 0.29) is 0 Å². The fourth-order valence-corrected chi connectivity index (χ4v) is 4.58. The van der Waals surface area contributed by atoms with Crippen molar-refractivity contribution in [2.24, 2.45) is 0 Å². The molecule has 0 saturated carbocycles. The van der Waals surface area contributed by atoms with E-state index in [2.05, 4.69) is 19.6 Å². The van der Waals surface area contributed by atoms with Crippen LogP contribution in [-0.2, 0) is 10.1 Å². The predicted octanol–water partition coefficient (Wildman–Crippen LogP) is 6.82. The quantitative estimate of drug-likeness (QED) is 0.152. The molecule has 5 heteroatoms. The van der Waals surface area contributed by atoms with Crippen molar-refractivity contribution in [1.29, 1.82) is 0 Å². The highest BCUT2D eigenvalue weighted by atomic mass is 32.2. The van der Waals surface area contributed by atoms with Crippen LogP contribution in [0.1, 0.15) is 117 Å². The van der Waals surface area contributed by atoms with Crippen molar-refractivity contribution in [1.82, 2.24) is 0 Å². The van der Waals surface area contributed by atoms with Gasteiger partial charge < -0.3 is 0 Å². The van der Waals surface area contributed by atoms with E-state index in [9.17, 15) is 8.42 Å². The van der Waals surface area contributed by atoms with E-state index in [0.29, 0.717) is 18.1 Å². The van der Waals surface area contributed by atoms with Gasteiger partial charge in [0.25, 0.3) is 10.1 Å². The maximum atomic E-state index is 11.2.